The topological polar surface area (TPSA) is 36.9 Å². The number of allylic oxidation sites excluding steroid dienone is 2. The van der Waals surface area contributed by atoms with Crippen molar-refractivity contribution < 1.29 is 18.9 Å². The predicted molar refractivity (Wildman–Crippen MR) is 108 cm³/mol. The molecule has 0 aliphatic heterocycles. The molecule has 4 nitrogen and oxygen atoms in total. The maximum Gasteiger partial charge on any atom is 0.111 e. The maximum atomic E-state index is 5.59. The van der Waals surface area contributed by atoms with E-state index in [1.807, 2.05) is 27.0 Å². The Kier molecular flexibility index (Phi) is 11.5. The van der Waals surface area contributed by atoms with Gasteiger partial charge >= 0.3 is 0 Å². The van der Waals surface area contributed by atoms with Crippen LogP contribution in [0.2, 0.25) is 0 Å². The summed E-state index contributed by atoms with van der Waals surface area (Å²) in [6.07, 6.45) is 4.88. The summed E-state index contributed by atoms with van der Waals surface area (Å²) >= 11 is 0. The van der Waals surface area contributed by atoms with Crippen LogP contribution in [0.1, 0.15) is 52.2 Å². The Hall–Kier alpha value is -1.78. The smallest absolute Gasteiger partial charge is 0.111 e. The fraction of sp³-hybridized carbons (Fsp3) is 0.545. The molecule has 0 saturated carbocycles. The molecule has 146 valence electrons. The molecule has 0 spiro atoms. The Morgan fingerprint density at radius 3 is 2.04 bits per heavy atom. The maximum absolute atomic E-state index is 5.59. The average molecular weight is 363 g/mol. The van der Waals surface area contributed by atoms with Gasteiger partial charge in [-0.25, -0.2) is 0 Å². The molecule has 4 heteroatoms. The van der Waals surface area contributed by atoms with Crippen LogP contribution < -0.4 is 0 Å². The van der Waals surface area contributed by atoms with E-state index in [2.05, 4.69) is 38.1 Å². The SMILES string of the molecule is CCCOC=C(C)c1cccc(C(C)=COCCOCCOC(C)C)c1. The number of benzene rings is 1. The van der Waals surface area contributed by atoms with Gasteiger partial charge in [-0.05, 0) is 62.5 Å². The number of ether oxygens (including phenoxy) is 4. The Balaban J connectivity index is 2.41. The lowest BCUT2D eigenvalue weighted by molar-refractivity contribution is 0.00884. The highest BCUT2D eigenvalue weighted by atomic mass is 16.5. The van der Waals surface area contributed by atoms with Crippen molar-refractivity contribution in [3.63, 3.8) is 0 Å². The van der Waals surface area contributed by atoms with Gasteiger partial charge in [0.1, 0.15) is 6.61 Å². The molecule has 1 aromatic rings. The van der Waals surface area contributed by atoms with Crippen LogP contribution in [0, 0.1) is 0 Å². The Morgan fingerprint density at radius 1 is 0.885 bits per heavy atom. The van der Waals surface area contributed by atoms with Crippen LogP contribution in [0.5, 0.6) is 0 Å². The summed E-state index contributed by atoms with van der Waals surface area (Å²) in [5, 5.41) is 0. The molecular weight excluding hydrogens is 328 g/mol. The Morgan fingerprint density at radius 2 is 1.46 bits per heavy atom. The molecule has 1 aromatic carbocycles. The molecule has 0 amide bonds. The van der Waals surface area contributed by atoms with Crippen LogP contribution in [0.15, 0.2) is 36.8 Å². The van der Waals surface area contributed by atoms with Gasteiger partial charge in [0.2, 0.25) is 0 Å². The third-order valence-corrected chi connectivity index (χ3v) is 3.64. The highest BCUT2D eigenvalue weighted by Gasteiger charge is 2.01. The van der Waals surface area contributed by atoms with Crippen LogP contribution in [0.3, 0.4) is 0 Å². The first-order chi connectivity index (χ1) is 12.5. The molecule has 0 fully saturated rings. The van der Waals surface area contributed by atoms with Gasteiger partial charge in [0.15, 0.2) is 0 Å². The molecule has 0 aromatic heterocycles. The van der Waals surface area contributed by atoms with Gasteiger partial charge in [-0.15, -0.1) is 0 Å². The van der Waals surface area contributed by atoms with E-state index < -0.39 is 0 Å². The van der Waals surface area contributed by atoms with Crippen molar-refractivity contribution in [3.8, 4) is 0 Å². The van der Waals surface area contributed by atoms with Crippen LogP contribution in [-0.2, 0) is 18.9 Å². The number of hydrogen-bond donors (Lipinski definition) is 0. The third kappa shape index (κ3) is 9.64. The van der Waals surface area contributed by atoms with Crippen LogP contribution >= 0.6 is 0 Å². The van der Waals surface area contributed by atoms with Crippen molar-refractivity contribution in [3.05, 3.63) is 47.9 Å². The van der Waals surface area contributed by atoms with Crippen molar-refractivity contribution in [1.29, 1.82) is 0 Å². The standard InChI is InChI=1S/C22H34O4/c1-6-10-24-16-19(4)21-8-7-9-22(15-21)20(5)17-25-12-11-23-13-14-26-18(2)3/h7-9,15-18H,6,10-14H2,1-5H3. The number of hydrogen-bond acceptors (Lipinski definition) is 4. The fourth-order valence-corrected chi connectivity index (χ4v) is 2.18. The quantitative estimate of drug-likeness (QED) is 0.353. The zero-order chi connectivity index (χ0) is 19.2. The molecule has 0 N–H and O–H groups in total. The summed E-state index contributed by atoms with van der Waals surface area (Å²) in [6.45, 7) is 13.3. The van der Waals surface area contributed by atoms with Crippen molar-refractivity contribution >= 4 is 11.1 Å². The van der Waals surface area contributed by atoms with Crippen molar-refractivity contribution in [1.82, 2.24) is 0 Å². The summed E-state index contributed by atoms with van der Waals surface area (Å²) in [4.78, 5) is 0. The molecule has 0 aliphatic rings. The fourth-order valence-electron chi connectivity index (χ4n) is 2.18. The van der Waals surface area contributed by atoms with Crippen LogP contribution in [0.25, 0.3) is 11.1 Å². The van der Waals surface area contributed by atoms with Crippen LogP contribution in [-0.4, -0.2) is 39.1 Å². The monoisotopic (exact) mass is 362 g/mol. The predicted octanol–water partition coefficient (Wildman–Crippen LogP) is 5.29. The van der Waals surface area contributed by atoms with E-state index in [4.69, 9.17) is 18.9 Å². The van der Waals surface area contributed by atoms with Gasteiger partial charge in [0.25, 0.3) is 0 Å². The first-order valence-electron chi connectivity index (χ1n) is 9.41. The molecule has 0 aliphatic carbocycles. The zero-order valence-electron chi connectivity index (χ0n) is 16.9. The van der Waals surface area contributed by atoms with E-state index in [1.165, 1.54) is 0 Å². The lowest BCUT2D eigenvalue weighted by Crippen LogP contribution is -2.11. The van der Waals surface area contributed by atoms with Gasteiger partial charge in [0, 0.05) is 0 Å². The molecule has 0 bridgehead atoms. The molecule has 1 rings (SSSR count). The van der Waals surface area contributed by atoms with Crippen molar-refractivity contribution in [2.45, 2.75) is 47.1 Å². The van der Waals surface area contributed by atoms with E-state index >= 15 is 0 Å². The lowest BCUT2D eigenvalue weighted by Gasteiger charge is -2.09. The minimum atomic E-state index is 0.243. The van der Waals surface area contributed by atoms with Gasteiger partial charge < -0.3 is 18.9 Å². The zero-order valence-corrected chi connectivity index (χ0v) is 16.9. The minimum Gasteiger partial charge on any atom is -0.501 e. The molecule has 0 saturated heterocycles. The molecule has 0 atom stereocenters. The largest absolute Gasteiger partial charge is 0.501 e. The second-order valence-electron chi connectivity index (χ2n) is 6.46. The summed E-state index contributed by atoms with van der Waals surface area (Å²) in [5.74, 6) is 0. The summed E-state index contributed by atoms with van der Waals surface area (Å²) in [5.41, 5.74) is 4.49. The molecule has 0 heterocycles. The Labute approximate surface area is 158 Å². The summed E-state index contributed by atoms with van der Waals surface area (Å²) in [7, 11) is 0. The molecule has 0 unspecified atom stereocenters. The van der Waals surface area contributed by atoms with E-state index in [0.717, 1.165) is 35.3 Å². The Bertz CT molecular complexity index is 561. The van der Waals surface area contributed by atoms with E-state index in [-0.39, 0.29) is 6.10 Å². The number of rotatable bonds is 13. The van der Waals surface area contributed by atoms with E-state index in [1.54, 1.807) is 6.26 Å². The van der Waals surface area contributed by atoms with Crippen molar-refractivity contribution in [2.24, 2.45) is 0 Å². The van der Waals surface area contributed by atoms with Gasteiger partial charge in [0.05, 0.1) is 45.1 Å². The van der Waals surface area contributed by atoms with E-state index in [0.29, 0.717) is 26.4 Å². The lowest BCUT2D eigenvalue weighted by atomic mass is 10.0. The minimum absolute atomic E-state index is 0.243. The van der Waals surface area contributed by atoms with E-state index in [9.17, 15) is 0 Å². The third-order valence-electron chi connectivity index (χ3n) is 3.64. The van der Waals surface area contributed by atoms with Gasteiger partial charge in [-0.2, -0.15) is 0 Å². The second kappa shape index (κ2) is 13.4. The highest BCUT2D eigenvalue weighted by molar-refractivity contribution is 5.70. The van der Waals surface area contributed by atoms with Gasteiger partial charge in [-0.1, -0.05) is 25.1 Å². The van der Waals surface area contributed by atoms with Crippen LogP contribution in [0.4, 0.5) is 0 Å². The first kappa shape index (κ1) is 22.3. The highest BCUT2D eigenvalue weighted by Crippen LogP contribution is 2.20. The first-order valence-corrected chi connectivity index (χ1v) is 9.41. The molecular formula is C22H34O4. The normalized spacial score (nSPS) is 12.5. The second-order valence-corrected chi connectivity index (χ2v) is 6.46. The van der Waals surface area contributed by atoms with Crippen molar-refractivity contribution in [2.75, 3.05) is 33.0 Å². The average Bonchev–Trinajstić information content (AvgIpc) is 2.63. The summed E-state index contributed by atoms with van der Waals surface area (Å²) in [6, 6.07) is 8.37. The molecule has 0 radical (unpaired) electrons. The molecule has 26 heavy (non-hydrogen) atoms. The summed E-state index contributed by atoms with van der Waals surface area (Å²) < 4.78 is 22.0. The van der Waals surface area contributed by atoms with Gasteiger partial charge in [-0.3, -0.25) is 0 Å².